The third-order valence-electron chi connectivity index (χ3n) is 3.69. The van der Waals surface area contributed by atoms with Gasteiger partial charge in [-0.2, -0.15) is 0 Å². The van der Waals surface area contributed by atoms with Gasteiger partial charge in [0.1, 0.15) is 11.9 Å². The molecule has 1 atom stereocenters. The van der Waals surface area contributed by atoms with Gasteiger partial charge in [0.2, 0.25) is 0 Å². The minimum Gasteiger partial charge on any atom is -0.488 e. The largest absolute Gasteiger partial charge is 0.488 e. The molecule has 2 aliphatic rings. The fourth-order valence-corrected chi connectivity index (χ4v) is 2.69. The van der Waals surface area contributed by atoms with E-state index in [-0.39, 0.29) is 0 Å². The van der Waals surface area contributed by atoms with Crippen molar-refractivity contribution in [1.82, 2.24) is 10.6 Å². The zero-order chi connectivity index (χ0) is 11.5. The number of hydrogen-bond acceptors (Lipinski definition) is 3. The van der Waals surface area contributed by atoms with E-state index in [1.54, 1.807) is 0 Å². The minimum atomic E-state index is 0.322. The molecule has 17 heavy (non-hydrogen) atoms. The molecule has 0 saturated carbocycles. The van der Waals surface area contributed by atoms with Crippen LogP contribution in [0, 0.1) is 0 Å². The van der Waals surface area contributed by atoms with Crippen molar-refractivity contribution in [3.05, 3.63) is 29.8 Å². The summed E-state index contributed by atoms with van der Waals surface area (Å²) in [5, 5.41) is 7.02. The van der Waals surface area contributed by atoms with Crippen LogP contribution in [0.2, 0.25) is 0 Å². The van der Waals surface area contributed by atoms with Crippen molar-refractivity contribution in [2.24, 2.45) is 0 Å². The van der Waals surface area contributed by atoms with Crippen molar-refractivity contribution in [2.75, 3.05) is 19.6 Å². The van der Waals surface area contributed by atoms with Gasteiger partial charge in [0, 0.05) is 19.0 Å². The molecule has 1 saturated heterocycles. The summed E-state index contributed by atoms with van der Waals surface area (Å²) in [6.07, 6.45) is 3.84. The number of nitrogens with one attached hydrogen (secondary N) is 2. The molecule has 3 heteroatoms. The maximum atomic E-state index is 5.92. The molecule has 92 valence electrons. The highest BCUT2D eigenvalue weighted by Gasteiger charge is 2.23. The second-order valence-corrected chi connectivity index (χ2v) is 4.98. The lowest BCUT2D eigenvalue weighted by molar-refractivity contribution is 0.215. The molecule has 3 nitrogen and oxygen atoms in total. The van der Waals surface area contributed by atoms with Crippen LogP contribution in [-0.4, -0.2) is 31.8 Å². The monoisotopic (exact) mass is 232 g/mol. The van der Waals surface area contributed by atoms with E-state index in [0.717, 1.165) is 31.8 Å². The van der Waals surface area contributed by atoms with Crippen molar-refractivity contribution in [3.63, 3.8) is 0 Å². The zero-order valence-electron chi connectivity index (χ0n) is 10.1. The molecule has 0 radical (unpaired) electrons. The van der Waals surface area contributed by atoms with Crippen LogP contribution in [0.1, 0.15) is 18.4 Å². The molecule has 0 bridgehead atoms. The normalized spacial score (nSPS) is 24.4. The average Bonchev–Trinajstić information content (AvgIpc) is 2.80. The average molecular weight is 232 g/mol. The fourth-order valence-electron chi connectivity index (χ4n) is 2.69. The third-order valence-corrected chi connectivity index (χ3v) is 3.69. The Morgan fingerprint density at radius 3 is 2.88 bits per heavy atom. The molecular formula is C14H20N2O. The molecule has 3 rings (SSSR count). The highest BCUT2D eigenvalue weighted by molar-refractivity contribution is 5.37. The van der Waals surface area contributed by atoms with Gasteiger partial charge in [0.15, 0.2) is 0 Å². The van der Waals surface area contributed by atoms with E-state index in [9.17, 15) is 0 Å². The van der Waals surface area contributed by atoms with Crippen molar-refractivity contribution in [1.29, 1.82) is 0 Å². The van der Waals surface area contributed by atoms with Crippen molar-refractivity contribution in [3.8, 4) is 5.75 Å². The number of ether oxygens (including phenoxy) is 1. The second-order valence-electron chi connectivity index (χ2n) is 4.98. The smallest absolute Gasteiger partial charge is 0.123 e. The van der Waals surface area contributed by atoms with Gasteiger partial charge in [-0.3, -0.25) is 0 Å². The number of benzene rings is 1. The number of hydrogen-bond donors (Lipinski definition) is 2. The number of fused-ring (bicyclic) bond motifs is 1. The number of para-hydroxylation sites is 1. The van der Waals surface area contributed by atoms with Crippen molar-refractivity contribution >= 4 is 0 Å². The van der Waals surface area contributed by atoms with Crippen molar-refractivity contribution in [2.45, 2.75) is 31.4 Å². The van der Waals surface area contributed by atoms with Crippen LogP contribution in [0.5, 0.6) is 5.75 Å². The first kappa shape index (κ1) is 11.1. The molecule has 2 heterocycles. The van der Waals surface area contributed by atoms with Crippen LogP contribution in [0.25, 0.3) is 0 Å². The Bertz CT molecular complexity index is 349. The molecule has 1 aromatic carbocycles. The first-order chi connectivity index (χ1) is 8.42. The van der Waals surface area contributed by atoms with Gasteiger partial charge in [-0.25, -0.2) is 0 Å². The zero-order valence-corrected chi connectivity index (χ0v) is 10.1. The van der Waals surface area contributed by atoms with Crippen LogP contribution in [0.15, 0.2) is 24.3 Å². The van der Waals surface area contributed by atoms with E-state index in [2.05, 4.69) is 28.8 Å². The molecule has 1 aromatic rings. The lowest BCUT2D eigenvalue weighted by atomic mass is 10.1. The standard InChI is InChI=1S/C14H20N2O/c1-2-4-14-11(3-1)9-13(17-14)10-16-12-5-7-15-8-6-12/h1-4,12-13,15-16H,5-10H2. The lowest BCUT2D eigenvalue weighted by Gasteiger charge is -2.25. The van der Waals surface area contributed by atoms with Crippen LogP contribution < -0.4 is 15.4 Å². The second kappa shape index (κ2) is 5.07. The van der Waals surface area contributed by atoms with Crippen LogP contribution in [-0.2, 0) is 6.42 Å². The predicted octanol–water partition coefficient (Wildman–Crippen LogP) is 1.33. The van der Waals surface area contributed by atoms with Gasteiger partial charge in [-0.05, 0) is 37.6 Å². The highest BCUT2D eigenvalue weighted by atomic mass is 16.5. The SMILES string of the molecule is c1ccc2c(c1)CC(CNC1CCNCC1)O2. The Balaban J connectivity index is 1.48. The summed E-state index contributed by atoms with van der Waals surface area (Å²) in [4.78, 5) is 0. The molecular weight excluding hydrogens is 212 g/mol. The Hall–Kier alpha value is -1.06. The summed E-state index contributed by atoms with van der Waals surface area (Å²) >= 11 is 0. The first-order valence-corrected chi connectivity index (χ1v) is 6.60. The molecule has 2 N–H and O–H groups in total. The molecule has 0 spiro atoms. The Kier molecular flexibility index (Phi) is 3.29. The maximum absolute atomic E-state index is 5.92. The number of piperidine rings is 1. The summed E-state index contributed by atoms with van der Waals surface area (Å²) in [6.45, 7) is 3.26. The fraction of sp³-hybridized carbons (Fsp3) is 0.571. The van der Waals surface area contributed by atoms with Crippen LogP contribution in [0.4, 0.5) is 0 Å². The summed E-state index contributed by atoms with van der Waals surface area (Å²) < 4.78 is 5.92. The van der Waals surface area contributed by atoms with Gasteiger partial charge in [-0.1, -0.05) is 18.2 Å². The van der Waals surface area contributed by atoms with E-state index < -0.39 is 0 Å². The highest BCUT2D eigenvalue weighted by Crippen LogP contribution is 2.27. The Morgan fingerprint density at radius 1 is 1.24 bits per heavy atom. The van der Waals surface area contributed by atoms with Crippen LogP contribution in [0.3, 0.4) is 0 Å². The minimum absolute atomic E-state index is 0.322. The first-order valence-electron chi connectivity index (χ1n) is 6.60. The van der Waals surface area contributed by atoms with Gasteiger partial charge in [-0.15, -0.1) is 0 Å². The summed E-state index contributed by atoms with van der Waals surface area (Å²) in [5.74, 6) is 1.07. The Morgan fingerprint density at radius 2 is 2.06 bits per heavy atom. The molecule has 0 aromatic heterocycles. The van der Waals surface area contributed by atoms with E-state index in [0.29, 0.717) is 12.1 Å². The van der Waals surface area contributed by atoms with E-state index in [1.807, 2.05) is 6.07 Å². The molecule has 1 fully saturated rings. The van der Waals surface area contributed by atoms with E-state index in [4.69, 9.17) is 4.74 Å². The topological polar surface area (TPSA) is 33.3 Å². The van der Waals surface area contributed by atoms with Gasteiger partial charge < -0.3 is 15.4 Å². The molecule has 1 unspecified atom stereocenters. The van der Waals surface area contributed by atoms with E-state index in [1.165, 1.54) is 18.4 Å². The quantitative estimate of drug-likeness (QED) is 0.825. The van der Waals surface area contributed by atoms with Gasteiger partial charge in [0.05, 0.1) is 0 Å². The predicted molar refractivity (Wildman–Crippen MR) is 68.5 cm³/mol. The van der Waals surface area contributed by atoms with Gasteiger partial charge >= 0.3 is 0 Å². The van der Waals surface area contributed by atoms with Gasteiger partial charge in [0.25, 0.3) is 0 Å². The summed E-state index contributed by atoms with van der Waals surface area (Å²) in [6, 6.07) is 9.04. The number of rotatable bonds is 3. The summed E-state index contributed by atoms with van der Waals surface area (Å²) in [5.41, 5.74) is 1.35. The summed E-state index contributed by atoms with van der Waals surface area (Å²) in [7, 11) is 0. The maximum Gasteiger partial charge on any atom is 0.123 e. The van der Waals surface area contributed by atoms with Crippen LogP contribution >= 0.6 is 0 Å². The van der Waals surface area contributed by atoms with Crippen molar-refractivity contribution < 1.29 is 4.74 Å². The third kappa shape index (κ3) is 2.61. The Labute approximate surface area is 103 Å². The molecule has 0 amide bonds. The lowest BCUT2D eigenvalue weighted by Crippen LogP contribution is -2.43. The van der Waals surface area contributed by atoms with E-state index >= 15 is 0 Å². The molecule has 2 aliphatic heterocycles. The molecule has 0 aliphatic carbocycles.